The van der Waals surface area contributed by atoms with Gasteiger partial charge in [-0.15, -0.1) is 0 Å². The van der Waals surface area contributed by atoms with E-state index in [0.29, 0.717) is 23.9 Å². The minimum Gasteiger partial charge on any atom is -0.756 e. The predicted molar refractivity (Wildman–Crippen MR) is 226 cm³/mol. The summed E-state index contributed by atoms with van der Waals surface area (Å²) in [6.07, 6.45) is 43.9. The number of phosphoric acid groups is 1. The minimum atomic E-state index is -4.64. The Labute approximate surface area is 336 Å². The summed E-state index contributed by atoms with van der Waals surface area (Å²) in [5.74, 6) is -0.886. The van der Waals surface area contributed by atoms with E-state index in [1.807, 2.05) is 21.1 Å². The maximum absolute atomic E-state index is 12.7. The van der Waals surface area contributed by atoms with Crippen LogP contribution in [0.2, 0.25) is 0 Å². The molecule has 0 aliphatic heterocycles. The van der Waals surface area contributed by atoms with E-state index in [-0.39, 0.29) is 26.1 Å². The largest absolute Gasteiger partial charge is 0.756 e. The Kier molecular flexibility index (Phi) is 35.7. The van der Waals surface area contributed by atoms with Crippen molar-refractivity contribution in [2.45, 2.75) is 168 Å². The number of quaternary nitrogens is 1. The van der Waals surface area contributed by atoms with Crippen LogP contribution in [-0.2, 0) is 32.7 Å². The molecule has 318 valence electrons. The minimum absolute atomic E-state index is 0.0411. The summed E-state index contributed by atoms with van der Waals surface area (Å²) in [5, 5.41) is 0. The summed E-state index contributed by atoms with van der Waals surface area (Å²) in [5.41, 5.74) is 0. The summed E-state index contributed by atoms with van der Waals surface area (Å²) in [6, 6.07) is 0. The van der Waals surface area contributed by atoms with Gasteiger partial charge in [-0.25, -0.2) is 0 Å². The lowest BCUT2D eigenvalue weighted by Crippen LogP contribution is -2.37. The molecule has 2 atom stereocenters. The molecule has 0 radical (unpaired) electrons. The number of hydrogen-bond acceptors (Lipinski definition) is 8. The zero-order chi connectivity index (χ0) is 40.7. The molecule has 0 amide bonds. The second kappa shape index (κ2) is 37.3. The number of carbonyl (C=O) groups excluding carboxylic acids is 2. The standard InChI is InChI=1S/C45H80NO8P/c1-6-8-10-12-14-16-18-20-22-23-24-26-28-30-32-34-36-38-45(48)54-43(42-53-55(49,50)52-40-39-46(3,4)5)41-51-44(47)37-35-33-31-29-27-25-21-19-17-15-13-11-9-7-2/h10,12,16,18-19,21-23,26,28,43H,6-9,11,13-15,17,20,24-25,27,29-42H2,1-5H3/b12-10+,18-16+,21-19+,23-22+,28-26+/t43-/m1/s1. The van der Waals surface area contributed by atoms with Crippen molar-refractivity contribution in [2.24, 2.45) is 0 Å². The lowest BCUT2D eigenvalue weighted by Gasteiger charge is -2.28. The number of ether oxygens (including phenoxy) is 2. The molecule has 10 heteroatoms. The van der Waals surface area contributed by atoms with E-state index >= 15 is 0 Å². The van der Waals surface area contributed by atoms with Crippen LogP contribution >= 0.6 is 7.82 Å². The highest BCUT2D eigenvalue weighted by atomic mass is 31.2. The Morgan fingerprint density at radius 2 is 1.02 bits per heavy atom. The fourth-order valence-corrected chi connectivity index (χ4v) is 6.07. The number of esters is 2. The average Bonchev–Trinajstić information content (AvgIpc) is 3.13. The maximum Gasteiger partial charge on any atom is 0.306 e. The molecule has 1 unspecified atom stereocenters. The van der Waals surface area contributed by atoms with E-state index in [1.165, 1.54) is 44.9 Å². The van der Waals surface area contributed by atoms with E-state index in [2.05, 4.69) is 74.6 Å². The number of unbranched alkanes of at least 4 members (excludes halogenated alkanes) is 14. The van der Waals surface area contributed by atoms with E-state index in [0.717, 1.165) is 77.0 Å². The van der Waals surface area contributed by atoms with Gasteiger partial charge in [-0.1, -0.05) is 132 Å². The smallest absolute Gasteiger partial charge is 0.306 e. The Bertz CT molecular complexity index is 1120. The van der Waals surface area contributed by atoms with Crippen molar-refractivity contribution in [2.75, 3.05) is 47.5 Å². The number of rotatable bonds is 38. The van der Waals surface area contributed by atoms with Gasteiger partial charge in [-0.2, -0.15) is 0 Å². The van der Waals surface area contributed by atoms with Gasteiger partial charge in [0.2, 0.25) is 0 Å². The van der Waals surface area contributed by atoms with Crippen molar-refractivity contribution in [3.05, 3.63) is 60.8 Å². The van der Waals surface area contributed by atoms with Gasteiger partial charge in [0.15, 0.2) is 6.10 Å². The Hall–Kier alpha value is -2.29. The average molecular weight is 794 g/mol. The lowest BCUT2D eigenvalue weighted by atomic mass is 10.1. The van der Waals surface area contributed by atoms with Crippen molar-refractivity contribution < 1.29 is 42.1 Å². The van der Waals surface area contributed by atoms with Crippen molar-refractivity contribution in [3.63, 3.8) is 0 Å². The van der Waals surface area contributed by atoms with Crippen LogP contribution in [0, 0.1) is 0 Å². The predicted octanol–water partition coefficient (Wildman–Crippen LogP) is 11.4. The third kappa shape index (κ3) is 41.2. The third-order valence-electron chi connectivity index (χ3n) is 8.74. The molecule has 0 fully saturated rings. The van der Waals surface area contributed by atoms with Crippen LogP contribution in [0.1, 0.15) is 162 Å². The number of allylic oxidation sites excluding steroid dienone is 10. The van der Waals surface area contributed by atoms with Crippen molar-refractivity contribution in [1.82, 2.24) is 0 Å². The highest BCUT2D eigenvalue weighted by molar-refractivity contribution is 7.45. The molecule has 0 saturated carbocycles. The second-order valence-corrected chi connectivity index (χ2v) is 16.8. The first-order valence-corrected chi connectivity index (χ1v) is 23.0. The van der Waals surface area contributed by atoms with Gasteiger partial charge in [0, 0.05) is 12.8 Å². The molecule has 0 aromatic carbocycles. The Morgan fingerprint density at radius 3 is 1.56 bits per heavy atom. The van der Waals surface area contributed by atoms with Gasteiger partial charge in [0.25, 0.3) is 7.82 Å². The van der Waals surface area contributed by atoms with Crippen LogP contribution in [0.15, 0.2) is 60.8 Å². The fraction of sp³-hybridized carbons (Fsp3) is 0.733. The Morgan fingerprint density at radius 1 is 0.564 bits per heavy atom. The zero-order valence-corrected chi connectivity index (χ0v) is 36.5. The number of likely N-dealkylation sites (N-methyl/N-ethyl adjacent to an activating group) is 1. The summed E-state index contributed by atoms with van der Waals surface area (Å²) in [4.78, 5) is 37.5. The molecule has 9 nitrogen and oxygen atoms in total. The highest BCUT2D eigenvalue weighted by Gasteiger charge is 2.21. The van der Waals surface area contributed by atoms with Crippen LogP contribution in [-0.4, -0.2) is 70.0 Å². The highest BCUT2D eigenvalue weighted by Crippen LogP contribution is 2.38. The molecular formula is C45H80NO8P. The quantitative estimate of drug-likeness (QED) is 0.0200. The van der Waals surface area contributed by atoms with Crippen LogP contribution in [0.25, 0.3) is 0 Å². The summed E-state index contributed by atoms with van der Waals surface area (Å²) >= 11 is 0. The fourth-order valence-electron chi connectivity index (χ4n) is 5.34. The van der Waals surface area contributed by atoms with E-state index in [9.17, 15) is 19.0 Å². The van der Waals surface area contributed by atoms with Gasteiger partial charge in [-0.05, 0) is 77.0 Å². The van der Waals surface area contributed by atoms with Crippen LogP contribution < -0.4 is 4.89 Å². The van der Waals surface area contributed by atoms with E-state index in [4.69, 9.17) is 18.5 Å². The molecule has 55 heavy (non-hydrogen) atoms. The molecule has 0 aromatic rings. The molecule has 0 rings (SSSR count). The van der Waals surface area contributed by atoms with E-state index < -0.39 is 32.5 Å². The number of phosphoric ester groups is 1. The summed E-state index contributed by atoms with van der Waals surface area (Å²) < 4.78 is 33.8. The first kappa shape index (κ1) is 52.7. The molecule has 0 bridgehead atoms. The summed E-state index contributed by atoms with van der Waals surface area (Å²) in [6.45, 7) is 4.08. The van der Waals surface area contributed by atoms with Crippen molar-refractivity contribution in [1.29, 1.82) is 0 Å². The molecule has 0 N–H and O–H groups in total. The molecule has 0 aliphatic rings. The van der Waals surface area contributed by atoms with Gasteiger partial charge < -0.3 is 27.9 Å². The number of nitrogens with zero attached hydrogens (tertiary/aromatic N) is 1. The monoisotopic (exact) mass is 794 g/mol. The Balaban J connectivity index is 4.47. The van der Waals surface area contributed by atoms with Crippen LogP contribution in [0.5, 0.6) is 0 Å². The van der Waals surface area contributed by atoms with Crippen molar-refractivity contribution >= 4 is 19.8 Å². The lowest BCUT2D eigenvalue weighted by molar-refractivity contribution is -0.870. The normalized spacial score (nSPS) is 14.2. The van der Waals surface area contributed by atoms with Crippen LogP contribution in [0.4, 0.5) is 0 Å². The van der Waals surface area contributed by atoms with E-state index in [1.54, 1.807) is 0 Å². The number of hydrogen-bond donors (Lipinski definition) is 0. The molecule has 0 aromatic heterocycles. The second-order valence-electron chi connectivity index (χ2n) is 15.3. The number of carbonyl (C=O) groups is 2. The SMILES string of the molecule is CCC/C=C/C/C=C/C/C=C/C/C=C/CCCCCC(=O)O[C@H](COC(=O)CCCCCCC/C=C/CCCCCCC)COP(=O)([O-])OCC[N+](C)(C)C. The zero-order valence-electron chi connectivity index (χ0n) is 35.6. The molecular weight excluding hydrogens is 713 g/mol. The van der Waals surface area contributed by atoms with Gasteiger partial charge >= 0.3 is 11.9 Å². The van der Waals surface area contributed by atoms with Crippen LogP contribution in [0.3, 0.4) is 0 Å². The molecule has 0 heterocycles. The molecule has 0 saturated heterocycles. The molecule has 0 spiro atoms. The van der Waals surface area contributed by atoms with Gasteiger partial charge in [0.1, 0.15) is 19.8 Å². The first-order chi connectivity index (χ1) is 26.5. The van der Waals surface area contributed by atoms with Gasteiger partial charge in [-0.3, -0.25) is 14.2 Å². The topological polar surface area (TPSA) is 111 Å². The molecule has 0 aliphatic carbocycles. The third-order valence-corrected chi connectivity index (χ3v) is 9.71. The van der Waals surface area contributed by atoms with Crippen molar-refractivity contribution in [3.8, 4) is 0 Å². The summed E-state index contributed by atoms with van der Waals surface area (Å²) in [7, 11) is 1.13. The van der Waals surface area contributed by atoms with Gasteiger partial charge in [0.05, 0.1) is 27.7 Å². The maximum atomic E-state index is 12.7. The first-order valence-electron chi connectivity index (χ1n) is 21.5.